The summed E-state index contributed by atoms with van der Waals surface area (Å²) in [6.45, 7) is 0.286. The second-order valence-electron chi connectivity index (χ2n) is 9.16. The van der Waals surface area contributed by atoms with E-state index in [0.29, 0.717) is 30.9 Å². The molecule has 6 nitrogen and oxygen atoms in total. The van der Waals surface area contributed by atoms with E-state index in [9.17, 15) is 22.7 Å². The molecule has 5 rings (SSSR count). The van der Waals surface area contributed by atoms with Crippen LogP contribution in [0.2, 0.25) is 0 Å². The summed E-state index contributed by atoms with van der Waals surface area (Å²) in [6.07, 6.45) is -0.311. The van der Waals surface area contributed by atoms with Crippen LogP contribution in [-0.2, 0) is 10.9 Å². The van der Waals surface area contributed by atoms with E-state index in [1.54, 1.807) is 18.2 Å². The van der Waals surface area contributed by atoms with Gasteiger partial charge in [0.1, 0.15) is 17.4 Å². The second kappa shape index (κ2) is 8.91. The lowest BCUT2D eigenvalue weighted by Gasteiger charge is -2.33. The Morgan fingerprint density at radius 2 is 1.97 bits per heavy atom. The number of aliphatic hydroxyl groups excluding tert-OH is 1. The van der Waals surface area contributed by atoms with E-state index in [0.717, 1.165) is 22.7 Å². The van der Waals surface area contributed by atoms with Gasteiger partial charge in [-0.2, -0.15) is 13.2 Å². The van der Waals surface area contributed by atoms with Gasteiger partial charge >= 0.3 is 6.18 Å². The van der Waals surface area contributed by atoms with Crippen molar-refractivity contribution in [2.75, 3.05) is 20.3 Å². The Hall–Kier alpha value is -2.98. The molecule has 0 bridgehead atoms. The molecule has 1 aliphatic heterocycles. The van der Waals surface area contributed by atoms with Crippen molar-refractivity contribution in [2.24, 2.45) is 5.92 Å². The van der Waals surface area contributed by atoms with Gasteiger partial charge in [-0.1, -0.05) is 12.1 Å². The highest BCUT2D eigenvalue weighted by molar-refractivity contribution is 5.40. The van der Waals surface area contributed by atoms with Gasteiger partial charge in [-0.15, -0.1) is 0 Å². The molecule has 3 heterocycles. The number of aliphatic hydroxyl groups is 1. The zero-order valence-electron chi connectivity index (χ0n) is 19.0. The molecule has 0 amide bonds. The van der Waals surface area contributed by atoms with Gasteiger partial charge in [0.15, 0.2) is 0 Å². The van der Waals surface area contributed by atoms with Crippen LogP contribution in [0.25, 0.3) is 5.82 Å². The van der Waals surface area contributed by atoms with Crippen LogP contribution in [0.5, 0.6) is 5.75 Å². The normalized spacial score (nSPS) is 26.5. The molecule has 1 spiro atoms. The smallest absolute Gasteiger partial charge is 0.450 e. The summed E-state index contributed by atoms with van der Waals surface area (Å²) < 4.78 is 66.6. The van der Waals surface area contributed by atoms with Gasteiger partial charge in [0.2, 0.25) is 5.82 Å². The number of imidazole rings is 1. The molecule has 1 saturated carbocycles. The average molecular weight is 491 g/mol. The summed E-state index contributed by atoms with van der Waals surface area (Å²) >= 11 is 0. The highest BCUT2D eigenvalue weighted by atomic mass is 19.4. The number of nitrogens with zero attached hydrogens (tertiary/aromatic N) is 3. The lowest BCUT2D eigenvalue weighted by molar-refractivity contribution is -0.146. The maximum atomic E-state index is 13.6. The molecule has 1 aliphatic carbocycles. The number of aromatic nitrogens is 3. The summed E-state index contributed by atoms with van der Waals surface area (Å²) in [5, 5.41) is 10.0. The Balaban J connectivity index is 1.50. The van der Waals surface area contributed by atoms with E-state index in [2.05, 4.69) is 9.97 Å². The number of pyridine rings is 1. The Bertz CT molecular complexity index is 1200. The summed E-state index contributed by atoms with van der Waals surface area (Å²) in [4.78, 5) is 8.01. The highest BCUT2D eigenvalue weighted by Crippen LogP contribution is 2.56. The van der Waals surface area contributed by atoms with Crippen LogP contribution in [0.1, 0.15) is 48.2 Å². The van der Waals surface area contributed by atoms with E-state index in [4.69, 9.17) is 9.47 Å². The standard InChI is InChI=1S/C25H25F4N3O3/c1-34-19-6-7-20(32-11-10-30-23(32)25(27,28)29)31-22(19)17-12-24(35-14-17)9-8-16(13-33)21(24)15-2-4-18(26)5-3-15/h2-7,10-11,16-17,21,33H,8-9,12-14H2,1H3/t16-,17-,21-,24-/m1/s1. The van der Waals surface area contributed by atoms with Gasteiger partial charge in [-0.25, -0.2) is 14.4 Å². The second-order valence-corrected chi connectivity index (χ2v) is 9.16. The predicted molar refractivity (Wildman–Crippen MR) is 118 cm³/mol. The van der Waals surface area contributed by atoms with Crippen LogP contribution >= 0.6 is 0 Å². The van der Waals surface area contributed by atoms with Crippen LogP contribution in [-0.4, -0.2) is 45.6 Å². The Labute approximate surface area is 199 Å². The number of ether oxygens (including phenoxy) is 2. The van der Waals surface area contributed by atoms with E-state index in [-0.39, 0.29) is 36.0 Å². The molecular weight excluding hydrogens is 466 g/mol. The maximum absolute atomic E-state index is 13.6. The van der Waals surface area contributed by atoms with Gasteiger partial charge < -0.3 is 14.6 Å². The van der Waals surface area contributed by atoms with Gasteiger partial charge in [0.25, 0.3) is 0 Å². The lowest BCUT2D eigenvalue weighted by atomic mass is 9.77. The Morgan fingerprint density at radius 1 is 1.20 bits per heavy atom. The molecule has 1 aromatic carbocycles. The number of halogens is 4. The molecule has 0 radical (unpaired) electrons. The largest absolute Gasteiger partial charge is 0.495 e. The van der Waals surface area contributed by atoms with Crippen molar-refractivity contribution < 1.29 is 32.1 Å². The van der Waals surface area contributed by atoms with Crippen molar-refractivity contribution in [1.29, 1.82) is 0 Å². The molecule has 186 valence electrons. The molecule has 10 heteroatoms. The quantitative estimate of drug-likeness (QED) is 0.516. The van der Waals surface area contributed by atoms with Crippen LogP contribution < -0.4 is 4.74 Å². The van der Waals surface area contributed by atoms with Crippen molar-refractivity contribution >= 4 is 0 Å². The van der Waals surface area contributed by atoms with Gasteiger partial charge in [0, 0.05) is 30.8 Å². The predicted octanol–water partition coefficient (Wildman–Crippen LogP) is 4.86. The fourth-order valence-corrected chi connectivity index (χ4v) is 5.74. The van der Waals surface area contributed by atoms with Crippen molar-refractivity contribution in [3.05, 3.63) is 71.7 Å². The molecule has 2 fully saturated rings. The molecule has 2 aliphatic rings. The molecule has 3 aromatic rings. The summed E-state index contributed by atoms with van der Waals surface area (Å²) in [6, 6.07) is 9.32. The SMILES string of the molecule is COc1ccc(-n2ccnc2C(F)(F)F)nc1[C@H]1CO[C@]2(CC[C@H](CO)[C@H]2c2ccc(F)cc2)C1. The lowest BCUT2D eigenvalue weighted by Crippen LogP contribution is -2.34. The molecule has 0 unspecified atom stereocenters. The van der Waals surface area contributed by atoms with E-state index >= 15 is 0 Å². The third-order valence-corrected chi connectivity index (χ3v) is 7.22. The number of benzene rings is 1. The number of rotatable bonds is 5. The van der Waals surface area contributed by atoms with Crippen LogP contribution in [0, 0.1) is 11.7 Å². The fourth-order valence-electron chi connectivity index (χ4n) is 5.74. The third kappa shape index (κ3) is 4.18. The molecule has 35 heavy (non-hydrogen) atoms. The molecular formula is C25H25F4N3O3. The zero-order chi connectivity index (χ0) is 24.8. The van der Waals surface area contributed by atoms with E-state index in [1.165, 1.54) is 31.5 Å². The molecule has 4 atom stereocenters. The summed E-state index contributed by atoms with van der Waals surface area (Å²) in [7, 11) is 1.49. The van der Waals surface area contributed by atoms with Gasteiger partial charge in [-0.05, 0) is 55.0 Å². The first-order chi connectivity index (χ1) is 16.8. The minimum atomic E-state index is -4.63. The average Bonchev–Trinajstić information content (AvgIpc) is 3.58. The van der Waals surface area contributed by atoms with E-state index < -0.39 is 17.6 Å². The van der Waals surface area contributed by atoms with Gasteiger partial charge in [-0.3, -0.25) is 4.57 Å². The minimum Gasteiger partial charge on any atom is -0.495 e. The summed E-state index contributed by atoms with van der Waals surface area (Å²) in [5.74, 6) is -1.26. The number of alkyl halides is 3. The first-order valence-electron chi connectivity index (χ1n) is 11.4. The number of hydrogen-bond donors (Lipinski definition) is 1. The van der Waals surface area contributed by atoms with Crippen molar-refractivity contribution in [2.45, 2.75) is 42.9 Å². The first-order valence-corrected chi connectivity index (χ1v) is 11.4. The van der Waals surface area contributed by atoms with Crippen LogP contribution in [0.15, 0.2) is 48.8 Å². The summed E-state index contributed by atoms with van der Waals surface area (Å²) in [5.41, 5.74) is 0.810. The zero-order valence-corrected chi connectivity index (χ0v) is 19.0. The number of hydrogen-bond acceptors (Lipinski definition) is 5. The van der Waals surface area contributed by atoms with Crippen molar-refractivity contribution in [3.8, 4) is 11.6 Å². The molecule has 2 aromatic heterocycles. The topological polar surface area (TPSA) is 69.4 Å². The van der Waals surface area contributed by atoms with Crippen molar-refractivity contribution in [1.82, 2.24) is 14.5 Å². The first kappa shape index (κ1) is 23.7. The van der Waals surface area contributed by atoms with Gasteiger partial charge in [0.05, 0.1) is 25.0 Å². The highest BCUT2D eigenvalue weighted by Gasteiger charge is 2.54. The van der Waals surface area contributed by atoms with Crippen LogP contribution in [0.3, 0.4) is 0 Å². The molecule has 1 saturated heterocycles. The third-order valence-electron chi connectivity index (χ3n) is 7.22. The fraction of sp³-hybridized carbons (Fsp3) is 0.440. The maximum Gasteiger partial charge on any atom is 0.450 e. The minimum absolute atomic E-state index is 0.0181. The number of methoxy groups -OCH3 is 1. The molecule has 1 N–H and O–H groups in total. The Kier molecular flexibility index (Phi) is 6.04. The van der Waals surface area contributed by atoms with Crippen molar-refractivity contribution in [3.63, 3.8) is 0 Å². The van der Waals surface area contributed by atoms with E-state index in [1.807, 2.05) is 0 Å². The Morgan fingerprint density at radius 3 is 2.66 bits per heavy atom. The van der Waals surface area contributed by atoms with Crippen LogP contribution in [0.4, 0.5) is 17.6 Å². The monoisotopic (exact) mass is 491 g/mol.